The molecule has 10 heteroatoms. The quantitative estimate of drug-likeness (QED) is 0.688. The number of aliphatic carboxylic acids is 1. The topological polar surface area (TPSA) is 78.6 Å². The highest BCUT2D eigenvalue weighted by Crippen LogP contribution is 2.24. The van der Waals surface area contributed by atoms with Gasteiger partial charge in [0.25, 0.3) is 0 Å². The molecule has 0 aromatic heterocycles. The maximum absolute atomic E-state index is 10.6. The molecule has 1 aromatic rings. The van der Waals surface area contributed by atoms with Crippen LogP contribution in [-0.2, 0) is 11.3 Å². The summed E-state index contributed by atoms with van der Waals surface area (Å²) < 4.78 is 31.7. The first-order valence-electron chi connectivity index (χ1n) is 8.03. The van der Waals surface area contributed by atoms with Gasteiger partial charge < -0.3 is 16.2 Å². The number of likely N-dealkylation sites (tertiary alicyclic amines) is 1. The molecule has 0 atom stereocenters. The van der Waals surface area contributed by atoms with Crippen LogP contribution in [0.2, 0.25) is 10.0 Å². The summed E-state index contributed by atoms with van der Waals surface area (Å²) in [4.78, 5) is 11.4. The number of nitrogens with two attached hydrogens (primary N) is 1. The summed E-state index contributed by atoms with van der Waals surface area (Å²) >= 11 is 12.0. The van der Waals surface area contributed by atoms with E-state index in [2.05, 4.69) is 10.2 Å². The van der Waals surface area contributed by atoms with Gasteiger partial charge in [0, 0.05) is 25.7 Å². The van der Waals surface area contributed by atoms with Crippen molar-refractivity contribution < 1.29 is 23.1 Å². The first kappa shape index (κ1) is 23.0. The molecule has 0 bridgehead atoms. The molecule has 5 nitrogen and oxygen atoms in total. The Bertz CT molecular complexity index is 580. The maximum atomic E-state index is 10.6. The normalized spacial score (nSPS) is 16.1. The lowest BCUT2D eigenvalue weighted by Gasteiger charge is -2.32. The molecular weight excluding hydrogens is 394 g/mol. The van der Waals surface area contributed by atoms with Gasteiger partial charge in [0.1, 0.15) is 0 Å². The number of nitrogens with one attached hydrogen (secondary N) is 1. The fraction of sp³-hybridized carbons (Fsp3) is 0.562. The second-order valence-electron chi connectivity index (χ2n) is 5.84. The van der Waals surface area contributed by atoms with E-state index in [4.69, 9.17) is 38.8 Å². The number of carboxylic acid groups (broad SMARTS) is 1. The second kappa shape index (κ2) is 10.9. The molecule has 148 valence electrons. The van der Waals surface area contributed by atoms with Gasteiger partial charge in [0.15, 0.2) is 0 Å². The third-order valence-electron chi connectivity index (χ3n) is 3.80. The summed E-state index contributed by atoms with van der Waals surface area (Å²) in [5, 5.41) is 11.9. The third kappa shape index (κ3) is 8.55. The summed E-state index contributed by atoms with van der Waals surface area (Å²) in [6.07, 6.45) is -2.72. The Kier molecular flexibility index (Phi) is 9.67. The lowest BCUT2D eigenvalue weighted by Crippen LogP contribution is -2.43. The Hall–Kier alpha value is -1.06. The lowest BCUT2D eigenvalue weighted by molar-refractivity contribution is -0.192. The number of hydrogen-bond donors (Lipinski definition) is 3. The van der Waals surface area contributed by atoms with Crippen LogP contribution in [-0.4, -0.2) is 54.4 Å². The fourth-order valence-electron chi connectivity index (χ4n) is 2.48. The first-order chi connectivity index (χ1) is 12.1. The Morgan fingerprint density at radius 1 is 1.27 bits per heavy atom. The molecule has 0 unspecified atom stereocenters. The van der Waals surface area contributed by atoms with E-state index in [9.17, 15) is 13.2 Å². The van der Waals surface area contributed by atoms with Crippen molar-refractivity contribution in [3.63, 3.8) is 0 Å². The Morgan fingerprint density at radius 3 is 2.31 bits per heavy atom. The van der Waals surface area contributed by atoms with E-state index >= 15 is 0 Å². The van der Waals surface area contributed by atoms with Crippen molar-refractivity contribution in [3.8, 4) is 0 Å². The van der Waals surface area contributed by atoms with E-state index in [1.165, 1.54) is 18.4 Å². The summed E-state index contributed by atoms with van der Waals surface area (Å²) in [5.41, 5.74) is 6.73. The van der Waals surface area contributed by atoms with Crippen LogP contribution in [0.1, 0.15) is 18.4 Å². The molecule has 1 saturated heterocycles. The SMILES string of the molecule is NCCNC1CCN(Cc2ccc(Cl)c(Cl)c2)CC1.O=C(O)C(F)(F)F. The summed E-state index contributed by atoms with van der Waals surface area (Å²) in [6.45, 7) is 4.80. The zero-order valence-corrected chi connectivity index (χ0v) is 15.5. The van der Waals surface area contributed by atoms with Gasteiger partial charge in [-0.2, -0.15) is 13.2 Å². The molecule has 0 radical (unpaired) electrons. The zero-order valence-electron chi connectivity index (χ0n) is 14.0. The molecular formula is C16H22Cl2F3N3O2. The largest absolute Gasteiger partial charge is 0.490 e. The molecule has 0 saturated carbocycles. The smallest absolute Gasteiger partial charge is 0.475 e. The first-order valence-corrected chi connectivity index (χ1v) is 8.79. The van der Waals surface area contributed by atoms with Crippen molar-refractivity contribution in [2.75, 3.05) is 26.2 Å². The van der Waals surface area contributed by atoms with E-state index < -0.39 is 12.1 Å². The minimum Gasteiger partial charge on any atom is -0.475 e. The molecule has 4 N–H and O–H groups in total. The second-order valence-corrected chi connectivity index (χ2v) is 6.66. The molecule has 0 spiro atoms. The van der Waals surface area contributed by atoms with Crippen LogP contribution in [0.4, 0.5) is 13.2 Å². The van der Waals surface area contributed by atoms with E-state index in [1.54, 1.807) is 0 Å². The monoisotopic (exact) mass is 415 g/mol. The van der Waals surface area contributed by atoms with Crippen LogP contribution in [0.15, 0.2) is 18.2 Å². The van der Waals surface area contributed by atoms with Gasteiger partial charge in [0.2, 0.25) is 0 Å². The third-order valence-corrected chi connectivity index (χ3v) is 4.54. The molecule has 26 heavy (non-hydrogen) atoms. The highest BCUT2D eigenvalue weighted by Gasteiger charge is 2.38. The van der Waals surface area contributed by atoms with Crippen molar-refractivity contribution >= 4 is 29.2 Å². The number of rotatable bonds is 5. The highest BCUT2D eigenvalue weighted by molar-refractivity contribution is 6.42. The van der Waals surface area contributed by atoms with E-state index in [-0.39, 0.29) is 0 Å². The molecule has 1 aliphatic heterocycles. The van der Waals surface area contributed by atoms with E-state index in [0.717, 1.165) is 26.2 Å². The van der Waals surface area contributed by atoms with E-state index in [1.807, 2.05) is 18.2 Å². The average molecular weight is 416 g/mol. The standard InChI is InChI=1S/C14H21Cl2N3.C2HF3O2/c15-13-2-1-11(9-14(13)16)10-19-7-3-12(4-8-19)18-6-5-17;3-2(4,5)1(6)7/h1-2,9,12,18H,3-8,10,17H2;(H,6,7). The molecule has 1 fully saturated rings. The van der Waals surface area contributed by atoms with Gasteiger partial charge >= 0.3 is 12.1 Å². The van der Waals surface area contributed by atoms with Crippen molar-refractivity contribution in [1.29, 1.82) is 0 Å². The van der Waals surface area contributed by atoms with Crippen molar-refractivity contribution in [3.05, 3.63) is 33.8 Å². The van der Waals surface area contributed by atoms with Crippen molar-refractivity contribution in [2.45, 2.75) is 31.6 Å². The van der Waals surface area contributed by atoms with Gasteiger partial charge in [-0.25, -0.2) is 4.79 Å². The number of alkyl halides is 3. The molecule has 0 amide bonds. The minimum atomic E-state index is -5.08. The number of benzene rings is 1. The number of carbonyl (C=O) groups is 1. The molecule has 0 aliphatic carbocycles. The Morgan fingerprint density at radius 2 is 1.85 bits per heavy atom. The van der Waals surface area contributed by atoms with Crippen molar-refractivity contribution in [1.82, 2.24) is 10.2 Å². The van der Waals surface area contributed by atoms with Crippen LogP contribution in [0.3, 0.4) is 0 Å². The Labute approximate surface area is 160 Å². The highest BCUT2D eigenvalue weighted by atomic mass is 35.5. The predicted molar refractivity (Wildman–Crippen MR) is 95.5 cm³/mol. The number of hydrogen-bond acceptors (Lipinski definition) is 4. The lowest BCUT2D eigenvalue weighted by atomic mass is 10.0. The number of nitrogens with zero attached hydrogens (tertiary/aromatic N) is 1. The minimum absolute atomic E-state index is 0.619. The van der Waals surface area contributed by atoms with Gasteiger partial charge in [-0.15, -0.1) is 0 Å². The van der Waals surface area contributed by atoms with Gasteiger partial charge in [-0.1, -0.05) is 29.3 Å². The maximum Gasteiger partial charge on any atom is 0.490 e. The van der Waals surface area contributed by atoms with Gasteiger partial charge in [-0.05, 0) is 43.6 Å². The zero-order chi connectivity index (χ0) is 19.7. The number of carboxylic acids is 1. The average Bonchev–Trinajstić information content (AvgIpc) is 2.57. The fourth-order valence-corrected chi connectivity index (χ4v) is 2.80. The molecule has 1 aromatic carbocycles. The predicted octanol–water partition coefficient (Wildman–Crippen LogP) is 3.14. The summed E-state index contributed by atoms with van der Waals surface area (Å²) in [5.74, 6) is -2.76. The van der Waals surface area contributed by atoms with Crippen molar-refractivity contribution in [2.24, 2.45) is 5.73 Å². The van der Waals surface area contributed by atoms with E-state index in [0.29, 0.717) is 22.6 Å². The number of piperidine rings is 1. The molecule has 2 rings (SSSR count). The summed E-state index contributed by atoms with van der Waals surface area (Å²) in [6, 6.07) is 6.50. The van der Waals surface area contributed by atoms with Crippen LogP contribution in [0.25, 0.3) is 0 Å². The van der Waals surface area contributed by atoms with Crippen LogP contribution < -0.4 is 11.1 Å². The molecule has 1 heterocycles. The van der Waals surface area contributed by atoms with Gasteiger partial charge in [0.05, 0.1) is 10.0 Å². The number of halogens is 5. The van der Waals surface area contributed by atoms with Gasteiger partial charge in [-0.3, -0.25) is 4.90 Å². The van der Waals surface area contributed by atoms with Crippen LogP contribution >= 0.6 is 23.2 Å². The van der Waals surface area contributed by atoms with Crippen LogP contribution in [0, 0.1) is 0 Å². The Balaban J connectivity index is 0.000000412. The van der Waals surface area contributed by atoms with Crippen LogP contribution in [0.5, 0.6) is 0 Å². The molecule has 1 aliphatic rings. The summed E-state index contributed by atoms with van der Waals surface area (Å²) in [7, 11) is 0.